The number of nitrogens with one attached hydrogen (secondary N) is 1. The fourth-order valence-electron chi connectivity index (χ4n) is 1.60. The Morgan fingerprint density at radius 2 is 1.75 bits per heavy atom. The van der Waals surface area contributed by atoms with E-state index >= 15 is 0 Å². The van der Waals surface area contributed by atoms with Crippen LogP contribution in [0.3, 0.4) is 0 Å². The van der Waals surface area contributed by atoms with Crippen molar-refractivity contribution in [1.29, 1.82) is 0 Å². The van der Waals surface area contributed by atoms with Gasteiger partial charge in [-0.15, -0.1) is 0 Å². The van der Waals surface area contributed by atoms with Crippen molar-refractivity contribution in [3.05, 3.63) is 0 Å². The van der Waals surface area contributed by atoms with E-state index in [-0.39, 0.29) is 5.54 Å². The molecular weight excluding hydrogens is 260 g/mol. The van der Waals surface area contributed by atoms with Gasteiger partial charge < -0.3 is 20.5 Å². The Hall–Kier alpha value is -1.30. The van der Waals surface area contributed by atoms with Gasteiger partial charge in [0.2, 0.25) is 0 Å². The fraction of sp³-hybridized carbons (Fsp3) is 0.857. The molecule has 0 rings (SSSR count). The van der Waals surface area contributed by atoms with Crippen LogP contribution in [0.4, 0.5) is 4.79 Å². The molecule has 0 bridgehead atoms. The number of nitrogens with two attached hydrogens (primary N) is 1. The normalized spacial score (nSPS) is 13.6. The molecule has 0 aliphatic heterocycles. The van der Waals surface area contributed by atoms with E-state index in [0.717, 1.165) is 6.42 Å². The molecule has 1 amide bonds. The van der Waals surface area contributed by atoms with E-state index in [1.54, 1.807) is 20.8 Å². The first-order valence-electron chi connectivity index (χ1n) is 6.81. The lowest BCUT2D eigenvalue weighted by atomic mass is 9.97. The summed E-state index contributed by atoms with van der Waals surface area (Å²) < 4.78 is 9.81. The van der Waals surface area contributed by atoms with Crippen molar-refractivity contribution in [2.24, 2.45) is 5.73 Å². The van der Waals surface area contributed by atoms with Crippen molar-refractivity contribution in [3.63, 3.8) is 0 Å². The second kappa shape index (κ2) is 7.47. The molecule has 20 heavy (non-hydrogen) atoms. The SMILES string of the molecule is COC(=O)C(CCCC(C)(C)N)NC(=O)OC(C)(C)C. The number of rotatable bonds is 6. The molecule has 0 saturated carbocycles. The molecule has 0 aliphatic carbocycles. The zero-order chi connectivity index (χ0) is 16.0. The van der Waals surface area contributed by atoms with Gasteiger partial charge in [0.15, 0.2) is 0 Å². The van der Waals surface area contributed by atoms with Crippen molar-refractivity contribution in [2.45, 2.75) is 71.1 Å². The van der Waals surface area contributed by atoms with E-state index in [4.69, 9.17) is 10.5 Å². The Balaban J connectivity index is 4.43. The summed E-state index contributed by atoms with van der Waals surface area (Å²) in [7, 11) is 1.29. The van der Waals surface area contributed by atoms with Crippen molar-refractivity contribution >= 4 is 12.1 Å². The third-order valence-electron chi connectivity index (χ3n) is 2.49. The number of amides is 1. The first-order chi connectivity index (χ1) is 8.94. The van der Waals surface area contributed by atoms with Gasteiger partial charge in [-0.3, -0.25) is 0 Å². The maximum atomic E-state index is 11.7. The summed E-state index contributed by atoms with van der Waals surface area (Å²) in [4.78, 5) is 23.3. The highest BCUT2D eigenvalue weighted by Gasteiger charge is 2.25. The van der Waals surface area contributed by atoms with Crippen LogP contribution in [0.2, 0.25) is 0 Å². The highest BCUT2D eigenvalue weighted by molar-refractivity contribution is 5.81. The minimum absolute atomic E-state index is 0.299. The molecule has 0 fully saturated rings. The van der Waals surface area contributed by atoms with Gasteiger partial charge in [0.1, 0.15) is 11.6 Å². The van der Waals surface area contributed by atoms with Crippen molar-refractivity contribution in [2.75, 3.05) is 7.11 Å². The van der Waals surface area contributed by atoms with Crippen molar-refractivity contribution < 1.29 is 19.1 Å². The van der Waals surface area contributed by atoms with E-state index in [1.165, 1.54) is 7.11 Å². The molecule has 0 aromatic carbocycles. The molecule has 0 aromatic heterocycles. The number of hydrogen-bond donors (Lipinski definition) is 2. The molecule has 0 heterocycles. The summed E-state index contributed by atoms with van der Waals surface area (Å²) in [5, 5.41) is 2.53. The monoisotopic (exact) mass is 288 g/mol. The van der Waals surface area contributed by atoms with E-state index in [0.29, 0.717) is 12.8 Å². The zero-order valence-electron chi connectivity index (χ0n) is 13.4. The van der Waals surface area contributed by atoms with Gasteiger partial charge in [-0.1, -0.05) is 0 Å². The van der Waals surface area contributed by atoms with Gasteiger partial charge in [-0.25, -0.2) is 9.59 Å². The molecule has 0 radical (unpaired) electrons. The summed E-state index contributed by atoms with van der Waals surface area (Å²) >= 11 is 0. The van der Waals surface area contributed by atoms with Gasteiger partial charge in [-0.05, 0) is 53.9 Å². The van der Waals surface area contributed by atoms with Crippen LogP contribution in [0.25, 0.3) is 0 Å². The second-order valence-corrected chi connectivity index (χ2v) is 6.60. The summed E-state index contributed by atoms with van der Waals surface area (Å²) in [6, 6.07) is -0.711. The molecular formula is C14H28N2O4. The predicted molar refractivity (Wildman–Crippen MR) is 77.3 cm³/mol. The predicted octanol–water partition coefficient (Wildman–Crippen LogP) is 1.96. The zero-order valence-corrected chi connectivity index (χ0v) is 13.4. The van der Waals surface area contributed by atoms with Crippen LogP contribution < -0.4 is 11.1 Å². The maximum Gasteiger partial charge on any atom is 0.408 e. The lowest BCUT2D eigenvalue weighted by Gasteiger charge is -2.23. The number of ether oxygens (including phenoxy) is 2. The van der Waals surface area contributed by atoms with E-state index < -0.39 is 23.7 Å². The maximum absolute atomic E-state index is 11.7. The number of carbonyl (C=O) groups excluding carboxylic acids is 2. The first kappa shape index (κ1) is 18.7. The molecule has 118 valence electrons. The quantitative estimate of drug-likeness (QED) is 0.729. The Labute approximate surface area is 121 Å². The number of esters is 1. The average molecular weight is 288 g/mol. The van der Waals surface area contributed by atoms with Gasteiger partial charge in [0, 0.05) is 5.54 Å². The van der Waals surface area contributed by atoms with Crippen molar-refractivity contribution in [3.8, 4) is 0 Å². The van der Waals surface area contributed by atoms with Crippen molar-refractivity contribution in [1.82, 2.24) is 5.32 Å². The number of carbonyl (C=O) groups is 2. The first-order valence-corrected chi connectivity index (χ1v) is 6.81. The highest BCUT2D eigenvalue weighted by atomic mass is 16.6. The molecule has 1 atom stereocenters. The summed E-state index contributed by atoms with van der Waals surface area (Å²) in [6.07, 6.45) is 1.29. The molecule has 3 N–H and O–H groups in total. The minimum atomic E-state index is -0.711. The Bertz CT molecular complexity index is 329. The van der Waals surface area contributed by atoms with Crippen LogP contribution in [0, 0.1) is 0 Å². The van der Waals surface area contributed by atoms with Crippen LogP contribution >= 0.6 is 0 Å². The van der Waals surface area contributed by atoms with E-state index in [9.17, 15) is 9.59 Å². The van der Waals surface area contributed by atoms with Gasteiger partial charge in [0.05, 0.1) is 7.11 Å². The average Bonchev–Trinajstić information content (AvgIpc) is 2.22. The summed E-state index contributed by atoms with van der Waals surface area (Å²) in [5.74, 6) is -0.481. The number of hydrogen-bond acceptors (Lipinski definition) is 5. The van der Waals surface area contributed by atoms with Crippen LogP contribution in [0.15, 0.2) is 0 Å². The number of methoxy groups -OCH3 is 1. The van der Waals surface area contributed by atoms with E-state index in [2.05, 4.69) is 10.1 Å². The Morgan fingerprint density at radius 3 is 2.15 bits per heavy atom. The lowest BCUT2D eigenvalue weighted by molar-refractivity contribution is -0.143. The minimum Gasteiger partial charge on any atom is -0.467 e. The topological polar surface area (TPSA) is 90.6 Å². The van der Waals surface area contributed by atoms with Crippen LogP contribution in [0.5, 0.6) is 0 Å². The summed E-state index contributed by atoms with van der Waals surface area (Å²) in [6.45, 7) is 9.12. The molecule has 0 spiro atoms. The largest absolute Gasteiger partial charge is 0.467 e. The smallest absolute Gasteiger partial charge is 0.408 e. The molecule has 6 nitrogen and oxygen atoms in total. The fourth-order valence-corrected chi connectivity index (χ4v) is 1.60. The van der Waals surface area contributed by atoms with Crippen LogP contribution in [0.1, 0.15) is 53.9 Å². The van der Waals surface area contributed by atoms with E-state index in [1.807, 2.05) is 13.8 Å². The molecule has 1 unspecified atom stereocenters. The standard InChI is InChI=1S/C14H28N2O4/c1-13(2,3)20-12(18)16-10(11(17)19-6)8-7-9-14(4,5)15/h10H,7-9,15H2,1-6H3,(H,16,18). The Kier molecular flexibility index (Phi) is 6.99. The van der Waals surface area contributed by atoms with Crippen LogP contribution in [-0.4, -0.2) is 36.4 Å². The number of alkyl carbamates (subject to hydrolysis) is 1. The van der Waals surface area contributed by atoms with Gasteiger partial charge in [0.25, 0.3) is 0 Å². The summed E-state index contributed by atoms with van der Waals surface area (Å²) in [5.41, 5.74) is 4.98. The van der Waals surface area contributed by atoms with Gasteiger partial charge >= 0.3 is 12.1 Å². The molecule has 0 aliphatic rings. The third kappa shape index (κ3) is 9.61. The third-order valence-corrected chi connectivity index (χ3v) is 2.49. The Morgan fingerprint density at radius 1 is 1.20 bits per heavy atom. The molecule has 6 heteroatoms. The highest BCUT2D eigenvalue weighted by Crippen LogP contribution is 2.12. The van der Waals surface area contributed by atoms with Gasteiger partial charge in [-0.2, -0.15) is 0 Å². The molecule has 0 aromatic rings. The molecule has 0 saturated heterocycles. The lowest BCUT2D eigenvalue weighted by Crippen LogP contribution is -2.44. The van der Waals surface area contributed by atoms with Crippen LogP contribution in [-0.2, 0) is 14.3 Å². The second-order valence-electron chi connectivity index (χ2n) is 6.60.